The minimum absolute atomic E-state index is 0.258. The van der Waals surface area contributed by atoms with E-state index in [2.05, 4.69) is 5.16 Å². The number of nitrogens with zero attached hydrogens (tertiary/aromatic N) is 1. The largest absolute Gasteiger partial charge is 0.387 e. The van der Waals surface area contributed by atoms with E-state index in [9.17, 15) is 4.39 Å². The van der Waals surface area contributed by atoms with Crippen LogP contribution < -0.4 is 5.73 Å². The highest BCUT2D eigenvalue weighted by atomic mass is 19.1. The zero-order valence-electron chi connectivity index (χ0n) is 7.61. The van der Waals surface area contributed by atoms with Gasteiger partial charge < -0.3 is 10.6 Å². The summed E-state index contributed by atoms with van der Waals surface area (Å²) >= 11 is 0. The highest BCUT2D eigenvalue weighted by molar-refractivity contribution is 5.87. The zero-order valence-corrected chi connectivity index (χ0v) is 7.61. The second kappa shape index (κ2) is 3.75. The Bertz CT molecular complexity index is 365. The lowest BCUT2D eigenvalue weighted by Crippen LogP contribution is -2.12. The van der Waals surface area contributed by atoms with Crippen LogP contribution in [0.25, 0.3) is 0 Å². The minimum Gasteiger partial charge on any atom is -0.387 e. The third kappa shape index (κ3) is 1.61. The van der Waals surface area contributed by atoms with E-state index in [0.29, 0.717) is 18.5 Å². The Labute approximate surface area is 81.4 Å². The first-order valence-corrected chi connectivity index (χ1v) is 4.47. The molecule has 0 bridgehead atoms. The Balaban J connectivity index is 2.16. The van der Waals surface area contributed by atoms with Gasteiger partial charge >= 0.3 is 0 Å². The minimum atomic E-state index is -0.310. The first-order valence-electron chi connectivity index (χ1n) is 4.47. The van der Waals surface area contributed by atoms with Crippen LogP contribution in [0.5, 0.6) is 0 Å². The van der Waals surface area contributed by atoms with Gasteiger partial charge in [-0.25, -0.2) is 4.39 Å². The van der Waals surface area contributed by atoms with Gasteiger partial charge in [0.05, 0.1) is 5.71 Å². The van der Waals surface area contributed by atoms with Crippen molar-refractivity contribution in [2.75, 3.05) is 6.54 Å². The molecule has 4 heteroatoms. The molecule has 1 aliphatic rings. The highest BCUT2D eigenvalue weighted by Crippen LogP contribution is 2.28. The number of hydrogen-bond donors (Lipinski definition) is 1. The lowest BCUT2D eigenvalue weighted by molar-refractivity contribution is 0.0829. The summed E-state index contributed by atoms with van der Waals surface area (Å²) in [4.78, 5) is 5.09. The number of nitrogens with two attached hydrogens (primary N) is 1. The standard InChI is InChI=1S/C10H11FN2O/c11-9-4-2-1-3-8(9)10-5-7(6-12)13-14-10/h1-4,10H,5-6,12H2. The maximum atomic E-state index is 13.3. The van der Waals surface area contributed by atoms with Gasteiger partial charge in [0.25, 0.3) is 0 Å². The van der Waals surface area contributed by atoms with Gasteiger partial charge in [0.2, 0.25) is 0 Å². The smallest absolute Gasteiger partial charge is 0.160 e. The summed E-state index contributed by atoms with van der Waals surface area (Å²) < 4.78 is 13.3. The molecule has 1 aliphatic heterocycles. The summed E-state index contributed by atoms with van der Waals surface area (Å²) in [6, 6.07) is 6.55. The number of halogens is 1. The number of rotatable bonds is 2. The quantitative estimate of drug-likeness (QED) is 0.777. The Kier molecular flexibility index (Phi) is 2.45. The van der Waals surface area contributed by atoms with Gasteiger partial charge in [-0.2, -0.15) is 0 Å². The summed E-state index contributed by atoms with van der Waals surface area (Å²) in [5, 5.41) is 3.78. The van der Waals surface area contributed by atoms with Crippen molar-refractivity contribution in [3.8, 4) is 0 Å². The molecule has 1 atom stereocenters. The molecular formula is C10H11FN2O. The van der Waals surface area contributed by atoms with Crippen LogP contribution in [-0.2, 0) is 4.84 Å². The van der Waals surface area contributed by atoms with Crippen molar-refractivity contribution < 1.29 is 9.23 Å². The normalized spacial score (nSPS) is 20.4. The van der Waals surface area contributed by atoms with Gasteiger partial charge in [-0.15, -0.1) is 0 Å². The van der Waals surface area contributed by atoms with E-state index in [1.54, 1.807) is 18.2 Å². The molecule has 0 aromatic heterocycles. The van der Waals surface area contributed by atoms with E-state index in [-0.39, 0.29) is 11.9 Å². The Morgan fingerprint density at radius 1 is 1.50 bits per heavy atom. The van der Waals surface area contributed by atoms with Gasteiger partial charge in [-0.3, -0.25) is 0 Å². The summed E-state index contributed by atoms with van der Waals surface area (Å²) in [7, 11) is 0. The van der Waals surface area contributed by atoms with Crippen molar-refractivity contribution in [1.29, 1.82) is 0 Å². The van der Waals surface area contributed by atoms with Crippen LogP contribution >= 0.6 is 0 Å². The second-order valence-electron chi connectivity index (χ2n) is 3.18. The molecule has 0 amide bonds. The zero-order chi connectivity index (χ0) is 9.97. The maximum absolute atomic E-state index is 13.3. The lowest BCUT2D eigenvalue weighted by Gasteiger charge is -2.08. The molecule has 0 radical (unpaired) electrons. The molecular weight excluding hydrogens is 183 g/mol. The van der Waals surface area contributed by atoms with Gasteiger partial charge in [0, 0.05) is 18.5 Å². The molecule has 0 fully saturated rings. The first-order chi connectivity index (χ1) is 6.81. The molecule has 0 saturated heterocycles. The topological polar surface area (TPSA) is 47.6 Å². The van der Waals surface area contributed by atoms with Gasteiger partial charge in [0.15, 0.2) is 6.10 Å². The van der Waals surface area contributed by atoms with Gasteiger partial charge in [-0.1, -0.05) is 23.4 Å². The molecule has 14 heavy (non-hydrogen) atoms. The number of hydrogen-bond acceptors (Lipinski definition) is 3. The Morgan fingerprint density at radius 2 is 2.29 bits per heavy atom. The number of benzene rings is 1. The van der Waals surface area contributed by atoms with Crippen molar-refractivity contribution in [2.45, 2.75) is 12.5 Å². The van der Waals surface area contributed by atoms with Crippen molar-refractivity contribution in [2.24, 2.45) is 10.9 Å². The van der Waals surface area contributed by atoms with Crippen molar-refractivity contribution >= 4 is 5.71 Å². The molecule has 0 spiro atoms. The monoisotopic (exact) mass is 194 g/mol. The van der Waals surface area contributed by atoms with Crippen LogP contribution in [-0.4, -0.2) is 12.3 Å². The molecule has 2 rings (SSSR count). The predicted molar refractivity (Wildman–Crippen MR) is 51.3 cm³/mol. The van der Waals surface area contributed by atoms with Gasteiger partial charge in [-0.05, 0) is 6.07 Å². The van der Waals surface area contributed by atoms with E-state index in [4.69, 9.17) is 10.6 Å². The fourth-order valence-electron chi connectivity index (χ4n) is 1.45. The second-order valence-corrected chi connectivity index (χ2v) is 3.18. The van der Waals surface area contributed by atoms with E-state index in [0.717, 1.165) is 5.71 Å². The third-order valence-electron chi connectivity index (χ3n) is 2.22. The fourth-order valence-corrected chi connectivity index (χ4v) is 1.45. The Morgan fingerprint density at radius 3 is 2.93 bits per heavy atom. The fraction of sp³-hybridized carbons (Fsp3) is 0.300. The van der Waals surface area contributed by atoms with Crippen LogP contribution in [0, 0.1) is 5.82 Å². The van der Waals surface area contributed by atoms with E-state index in [1.807, 2.05) is 0 Å². The average molecular weight is 194 g/mol. The SMILES string of the molecule is NCC1=NOC(c2ccccc2F)C1. The molecule has 1 aromatic rings. The lowest BCUT2D eigenvalue weighted by atomic mass is 10.0. The Hall–Kier alpha value is -1.42. The molecule has 1 unspecified atom stereocenters. The molecule has 74 valence electrons. The van der Waals surface area contributed by atoms with E-state index < -0.39 is 0 Å². The molecule has 3 nitrogen and oxygen atoms in total. The van der Waals surface area contributed by atoms with Crippen LogP contribution in [0.1, 0.15) is 18.1 Å². The van der Waals surface area contributed by atoms with Crippen molar-refractivity contribution in [1.82, 2.24) is 0 Å². The summed E-state index contributed by atoms with van der Waals surface area (Å²) in [6.07, 6.45) is 0.270. The van der Waals surface area contributed by atoms with Crippen LogP contribution in [0.3, 0.4) is 0 Å². The molecule has 1 aromatic carbocycles. The first kappa shape index (κ1) is 9.15. The average Bonchev–Trinajstić information content (AvgIpc) is 2.67. The van der Waals surface area contributed by atoms with Crippen LogP contribution in [0.4, 0.5) is 4.39 Å². The molecule has 1 heterocycles. The third-order valence-corrected chi connectivity index (χ3v) is 2.22. The predicted octanol–water partition coefficient (Wildman–Crippen LogP) is 1.60. The van der Waals surface area contributed by atoms with Crippen molar-refractivity contribution in [3.63, 3.8) is 0 Å². The highest BCUT2D eigenvalue weighted by Gasteiger charge is 2.23. The summed E-state index contributed by atoms with van der Waals surface area (Å²) in [5.74, 6) is -0.258. The summed E-state index contributed by atoms with van der Waals surface area (Å²) in [5.41, 5.74) is 6.73. The molecule has 2 N–H and O–H groups in total. The van der Waals surface area contributed by atoms with E-state index >= 15 is 0 Å². The van der Waals surface area contributed by atoms with E-state index in [1.165, 1.54) is 6.07 Å². The molecule has 0 aliphatic carbocycles. The van der Waals surface area contributed by atoms with Gasteiger partial charge in [0.1, 0.15) is 5.82 Å². The van der Waals surface area contributed by atoms with Crippen molar-refractivity contribution in [3.05, 3.63) is 35.6 Å². The maximum Gasteiger partial charge on any atom is 0.160 e. The number of oxime groups is 1. The summed E-state index contributed by atoms with van der Waals surface area (Å²) in [6.45, 7) is 0.366. The van der Waals surface area contributed by atoms with Crippen LogP contribution in [0.2, 0.25) is 0 Å². The molecule has 0 saturated carbocycles. The van der Waals surface area contributed by atoms with Crippen LogP contribution in [0.15, 0.2) is 29.4 Å².